The molecule has 1 heterocycles. The summed E-state index contributed by atoms with van der Waals surface area (Å²) in [6.07, 6.45) is 3.15. The average Bonchev–Trinajstić information content (AvgIpc) is 2.73. The molecule has 22 heavy (non-hydrogen) atoms. The molecular weight excluding hydrogens is 278 g/mol. The smallest absolute Gasteiger partial charge is 0.330 e. The molecule has 0 aromatic heterocycles. The van der Waals surface area contributed by atoms with Gasteiger partial charge in [0.2, 0.25) is 5.90 Å². The number of benzene rings is 1. The second-order valence-electron chi connectivity index (χ2n) is 5.61. The van der Waals surface area contributed by atoms with Crippen molar-refractivity contribution in [1.29, 1.82) is 0 Å². The first-order chi connectivity index (χ1) is 10.4. The molecule has 0 unspecified atom stereocenters. The highest BCUT2D eigenvalue weighted by molar-refractivity contribution is 5.98. The fourth-order valence-corrected chi connectivity index (χ4v) is 2.38. The van der Waals surface area contributed by atoms with Gasteiger partial charge in [0, 0.05) is 17.2 Å². The standard InChI is InChI=1S/C18H21NO3/c1-13-15(10-11-16(20)21-4)18(2,3)22-17(13)19-12-14-8-6-5-7-9-14/h5-11H,12H2,1-4H3/b11-10-,19-17?. The maximum absolute atomic E-state index is 11.3. The number of rotatable bonds is 4. The van der Waals surface area contributed by atoms with Crippen molar-refractivity contribution in [3.8, 4) is 0 Å². The van der Waals surface area contributed by atoms with Gasteiger partial charge in [0.25, 0.3) is 0 Å². The van der Waals surface area contributed by atoms with Crippen LogP contribution >= 0.6 is 0 Å². The number of aliphatic imine (C=N–C) groups is 1. The highest BCUT2D eigenvalue weighted by atomic mass is 16.5. The minimum atomic E-state index is -0.510. The Labute approximate surface area is 131 Å². The van der Waals surface area contributed by atoms with Gasteiger partial charge in [-0.05, 0) is 32.4 Å². The second kappa shape index (κ2) is 6.60. The fourth-order valence-electron chi connectivity index (χ4n) is 2.38. The van der Waals surface area contributed by atoms with Crippen molar-refractivity contribution >= 4 is 11.9 Å². The normalized spacial score (nSPS) is 18.8. The van der Waals surface area contributed by atoms with E-state index in [1.54, 1.807) is 6.08 Å². The fraction of sp³-hybridized carbons (Fsp3) is 0.333. The Kier molecular flexibility index (Phi) is 4.81. The summed E-state index contributed by atoms with van der Waals surface area (Å²) < 4.78 is 10.6. The lowest BCUT2D eigenvalue weighted by Crippen LogP contribution is -2.22. The van der Waals surface area contributed by atoms with E-state index in [9.17, 15) is 4.79 Å². The van der Waals surface area contributed by atoms with Gasteiger partial charge in [-0.2, -0.15) is 0 Å². The highest BCUT2D eigenvalue weighted by Crippen LogP contribution is 2.33. The van der Waals surface area contributed by atoms with Gasteiger partial charge in [-0.1, -0.05) is 30.3 Å². The van der Waals surface area contributed by atoms with Gasteiger partial charge in [0.1, 0.15) is 5.60 Å². The maximum atomic E-state index is 11.3. The van der Waals surface area contributed by atoms with Gasteiger partial charge in [0.05, 0.1) is 13.7 Å². The third-order valence-electron chi connectivity index (χ3n) is 3.56. The van der Waals surface area contributed by atoms with E-state index in [-0.39, 0.29) is 5.97 Å². The number of ether oxygens (including phenoxy) is 2. The van der Waals surface area contributed by atoms with Crippen LogP contribution in [0.2, 0.25) is 0 Å². The van der Waals surface area contributed by atoms with Gasteiger partial charge in [-0.15, -0.1) is 0 Å². The SMILES string of the molecule is COC(=O)/C=C\C1=C(C)C(=NCc2ccccc2)OC1(C)C. The summed E-state index contributed by atoms with van der Waals surface area (Å²) in [5.41, 5.74) is 2.50. The average molecular weight is 299 g/mol. The van der Waals surface area contributed by atoms with Crippen LogP contribution in [0.3, 0.4) is 0 Å². The predicted octanol–water partition coefficient (Wildman–Crippen LogP) is 3.44. The summed E-state index contributed by atoms with van der Waals surface area (Å²) in [7, 11) is 1.36. The molecule has 116 valence electrons. The Balaban J connectivity index is 2.22. The van der Waals surface area contributed by atoms with E-state index in [4.69, 9.17) is 4.74 Å². The molecule has 0 N–H and O–H groups in total. The Hall–Kier alpha value is -2.36. The molecule has 0 spiro atoms. The van der Waals surface area contributed by atoms with E-state index in [2.05, 4.69) is 9.73 Å². The minimum Gasteiger partial charge on any atom is -0.467 e. The molecular formula is C18H21NO3. The summed E-state index contributed by atoms with van der Waals surface area (Å²) in [4.78, 5) is 15.8. The summed E-state index contributed by atoms with van der Waals surface area (Å²) in [6.45, 7) is 6.43. The van der Waals surface area contributed by atoms with Crippen LogP contribution in [0.1, 0.15) is 26.3 Å². The molecule has 0 saturated heterocycles. The van der Waals surface area contributed by atoms with E-state index < -0.39 is 5.60 Å². The molecule has 1 aromatic carbocycles. The summed E-state index contributed by atoms with van der Waals surface area (Å²) >= 11 is 0. The number of methoxy groups -OCH3 is 1. The van der Waals surface area contributed by atoms with Crippen LogP contribution in [0, 0.1) is 0 Å². The molecule has 0 aliphatic carbocycles. The van der Waals surface area contributed by atoms with Gasteiger partial charge >= 0.3 is 5.97 Å². The summed E-state index contributed by atoms with van der Waals surface area (Å²) in [5.74, 6) is 0.240. The number of esters is 1. The van der Waals surface area contributed by atoms with E-state index in [0.717, 1.165) is 16.7 Å². The van der Waals surface area contributed by atoms with Crippen molar-refractivity contribution in [1.82, 2.24) is 0 Å². The molecule has 1 aromatic rings. The maximum Gasteiger partial charge on any atom is 0.330 e. The minimum absolute atomic E-state index is 0.384. The molecule has 0 radical (unpaired) electrons. The molecule has 0 amide bonds. The Morgan fingerprint density at radius 3 is 2.64 bits per heavy atom. The van der Waals surface area contributed by atoms with Crippen molar-refractivity contribution in [2.45, 2.75) is 32.9 Å². The highest BCUT2D eigenvalue weighted by Gasteiger charge is 2.35. The first-order valence-corrected chi connectivity index (χ1v) is 7.19. The molecule has 0 bridgehead atoms. The Bertz CT molecular complexity index is 640. The number of hydrogen-bond acceptors (Lipinski definition) is 4. The van der Waals surface area contributed by atoms with Crippen LogP contribution in [0.5, 0.6) is 0 Å². The van der Waals surface area contributed by atoms with Gasteiger partial charge in [-0.25, -0.2) is 9.79 Å². The predicted molar refractivity (Wildman–Crippen MR) is 86.6 cm³/mol. The number of carbonyl (C=O) groups is 1. The lowest BCUT2D eigenvalue weighted by atomic mass is 9.96. The van der Waals surface area contributed by atoms with Gasteiger partial charge in [0.15, 0.2) is 0 Å². The van der Waals surface area contributed by atoms with Gasteiger partial charge in [-0.3, -0.25) is 0 Å². The van der Waals surface area contributed by atoms with Crippen LogP contribution in [0.4, 0.5) is 0 Å². The lowest BCUT2D eigenvalue weighted by molar-refractivity contribution is -0.134. The van der Waals surface area contributed by atoms with Crippen molar-refractivity contribution in [2.75, 3.05) is 7.11 Å². The van der Waals surface area contributed by atoms with E-state index >= 15 is 0 Å². The number of nitrogens with zero attached hydrogens (tertiary/aromatic N) is 1. The van der Waals surface area contributed by atoms with Crippen molar-refractivity contribution in [2.24, 2.45) is 4.99 Å². The van der Waals surface area contributed by atoms with E-state index in [0.29, 0.717) is 12.4 Å². The quantitative estimate of drug-likeness (QED) is 0.632. The largest absolute Gasteiger partial charge is 0.467 e. The molecule has 4 nitrogen and oxygen atoms in total. The molecule has 0 saturated carbocycles. The van der Waals surface area contributed by atoms with E-state index in [1.807, 2.05) is 51.1 Å². The molecule has 2 rings (SSSR count). The molecule has 0 atom stereocenters. The molecule has 4 heteroatoms. The van der Waals surface area contributed by atoms with Crippen LogP contribution in [0.15, 0.2) is 58.6 Å². The van der Waals surface area contributed by atoms with Crippen LogP contribution < -0.4 is 0 Å². The molecule has 1 aliphatic heterocycles. The first kappa shape index (κ1) is 16.0. The summed E-state index contributed by atoms with van der Waals surface area (Å²) in [5, 5.41) is 0. The van der Waals surface area contributed by atoms with E-state index in [1.165, 1.54) is 13.2 Å². The third-order valence-corrected chi connectivity index (χ3v) is 3.56. The summed E-state index contributed by atoms with van der Waals surface area (Å²) in [6, 6.07) is 10.0. The third kappa shape index (κ3) is 3.64. The Morgan fingerprint density at radius 2 is 2.00 bits per heavy atom. The number of carbonyl (C=O) groups excluding carboxylic acids is 1. The van der Waals surface area contributed by atoms with Crippen LogP contribution in [-0.2, 0) is 20.8 Å². The van der Waals surface area contributed by atoms with Crippen LogP contribution in [0.25, 0.3) is 0 Å². The van der Waals surface area contributed by atoms with Crippen LogP contribution in [-0.4, -0.2) is 24.6 Å². The number of hydrogen-bond donors (Lipinski definition) is 0. The van der Waals surface area contributed by atoms with Crippen molar-refractivity contribution in [3.05, 3.63) is 59.2 Å². The monoisotopic (exact) mass is 299 g/mol. The van der Waals surface area contributed by atoms with Gasteiger partial charge < -0.3 is 9.47 Å². The lowest BCUT2D eigenvalue weighted by Gasteiger charge is -2.20. The first-order valence-electron chi connectivity index (χ1n) is 7.19. The van der Waals surface area contributed by atoms with Crippen molar-refractivity contribution in [3.63, 3.8) is 0 Å². The zero-order valence-electron chi connectivity index (χ0n) is 13.4. The second-order valence-corrected chi connectivity index (χ2v) is 5.61. The Morgan fingerprint density at radius 1 is 1.32 bits per heavy atom. The zero-order valence-corrected chi connectivity index (χ0v) is 13.4. The molecule has 1 aliphatic rings. The van der Waals surface area contributed by atoms with Crippen molar-refractivity contribution < 1.29 is 14.3 Å². The molecule has 0 fully saturated rings. The topological polar surface area (TPSA) is 47.9 Å². The zero-order chi connectivity index (χ0) is 16.2.